The molecule has 2 heterocycles. The summed E-state index contributed by atoms with van der Waals surface area (Å²) in [6.45, 7) is 0. The number of benzene rings is 1. The Kier molecular flexibility index (Phi) is 1.91. The first-order valence-corrected chi connectivity index (χ1v) is 4.71. The SMILES string of the molecule is O=[N+]([O-])c1ccc(-c2ccco2)c2nonc12. The number of nitro groups is 1. The highest BCUT2D eigenvalue weighted by Gasteiger charge is 2.20. The average Bonchev–Trinajstić information content (AvgIpc) is 2.98. The molecule has 0 saturated carbocycles. The molecule has 7 nitrogen and oxygen atoms in total. The van der Waals surface area contributed by atoms with Crippen molar-refractivity contribution in [3.05, 3.63) is 40.6 Å². The molecule has 0 spiro atoms. The second kappa shape index (κ2) is 3.41. The van der Waals surface area contributed by atoms with Crippen molar-refractivity contribution >= 4 is 16.7 Å². The van der Waals surface area contributed by atoms with Gasteiger partial charge >= 0.3 is 5.69 Å². The first-order chi connectivity index (χ1) is 8.27. The third-order valence-electron chi connectivity index (χ3n) is 2.38. The molecule has 2 aromatic heterocycles. The van der Waals surface area contributed by atoms with Crippen LogP contribution < -0.4 is 0 Å². The van der Waals surface area contributed by atoms with Crippen molar-refractivity contribution in [2.45, 2.75) is 0 Å². The maximum Gasteiger partial charge on any atom is 0.300 e. The minimum absolute atomic E-state index is 0.115. The van der Waals surface area contributed by atoms with Crippen molar-refractivity contribution < 1.29 is 14.0 Å². The van der Waals surface area contributed by atoms with E-state index >= 15 is 0 Å². The molecule has 0 saturated heterocycles. The predicted molar refractivity (Wildman–Crippen MR) is 56.2 cm³/mol. The Morgan fingerprint density at radius 1 is 1.18 bits per heavy atom. The maximum atomic E-state index is 10.8. The highest BCUT2D eigenvalue weighted by Crippen LogP contribution is 2.32. The summed E-state index contributed by atoms with van der Waals surface area (Å²) < 4.78 is 9.77. The summed E-state index contributed by atoms with van der Waals surface area (Å²) in [7, 11) is 0. The van der Waals surface area contributed by atoms with E-state index in [0.717, 1.165) is 0 Å². The fourth-order valence-corrected chi connectivity index (χ4v) is 1.63. The largest absolute Gasteiger partial charge is 0.464 e. The molecular formula is C10H5N3O4. The van der Waals surface area contributed by atoms with Gasteiger partial charge in [-0.25, -0.2) is 4.63 Å². The lowest BCUT2D eigenvalue weighted by Crippen LogP contribution is -1.90. The van der Waals surface area contributed by atoms with E-state index in [-0.39, 0.29) is 11.2 Å². The molecule has 17 heavy (non-hydrogen) atoms. The molecule has 0 amide bonds. The van der Waals surface area contributed by atoms with E-state index in [4.69, 9.17) is 4.42 Å². The molecule has 0 aliphatic carbocycles. The van der Waals surface area contributed by atoms with E-state index in [9.17, 15) is 10.1 Å². The fraction of sp³-hybridized carbons (Fsp3) is 0. The molecule has 1 aromatic carbocycles. The molecule has 3 rings (SSSR count). The third kappa shape index (κ3) is 1.36. The highest BCUT2D eigenvalue weighted by atomic mass is 16.6. The molecule has 0 radical (unpaired) electrons. The predicted octanol–water partition coefficient (Wildman–Crippen LogP) is 2.39. The summed E-state index contributed by atoms with van der Waals surface area (Å²) in [6, 6.07) is 6.36. The second-order valence-corrected chi connectivity index (χ2v) is 3.33. The molecule has 0 fully saturated rings. The summed E-state index contributed by atoms with van der Waals surface area (Å²) in [4.78, 5) is 10.3. The first-order valence-electron chi connectivity index (χ1n) is 4.71. The van der Waals surface area contributed by atoms with E-state index in [0.29, 0.717) is 16.8 Å². The molecule has 3 aromatic rings. The zero-order valence-corrected chi connectivity index (χ0v) is 8.36. The lowest BCUT2D eigenvalue weighted by Gasteiger charge is -1.96. The highest BCUT2D eigenvalue weighted by molar-refractivity contribution is 5.94. The normalized spacial score (nSPS) is 10.8. The monoisotopic (exact) mass is 231 g/mol. The zero-order chi connectivity index (χ0) is 11.8. The van der Waals surface area contributed by atoms with Gasteiger partial charge in [0.15, 0.2) is 5.52 Å². The molecule has 84 valence electrons. The lowest BCUT2D eigenvalue weighted by molar-refractivity contribution is -0.383. The van der Waals surface area contributed by atoms with Crippen LogP contribution in [0.25, 0.3) is 22.4 Å². The molecule has 0 N–H and O–H groups in total. The zero-order valence-electron chi connectivity index (χ0n) is 8.36. The van der Waals surface area contributed by atoms with E-state index in [1.807, 2.05) is 0 Å². The molecule has 7 heteroatoms. The van der Waals surface area contributed by atoms with Crippen molar-refractivity contribution in [1.82, 2.24) is 10.3 Å². The van der Waals surface area contributed by atoms with Crippen LogP contribution in [0, 0.1) is 10.1 Å². The summed E-state index contributed by atoms with van der Waals surface area (Å²) in [5.74, 6) is 0.556. The van der Waals surface area contributed by atoms with Crippen LogP contribution in [0.15, 0.2) is 39.6 Å². The van der Waals surface area contributed by atoms with Crippen molar-refractivity contribution in [3.8, 4) is 11.3 Å². The van der Waals surface area contributed by atoms with Gasteiger partial charge < -0.3 is 4.42 Å². The molecule has 0 aliphatic heterocycles. The molecule has 0 unspecified atom stereocenters. The smallest absolute Gasteiger partial charge is 0.300 e. The maximum absolute atomic E-state index is 10.8. The molecule has 0 bridgehead atoms. The minimum Gasteiger partial charge on any atom is -0.464 e. The van der Waals surface area contributed by atoms with E-state index in [1.54, 1.807) is 18.2 Å². The Bertz CT molecular complexity index is 687. The Labute approximate surface area is 93.8 Å². The fourth-order valence-electron chi connectivity index (χ4n) is 1.63. The third-order valence-corrected chi connectivity index (χ3v) is 2.38. The van der Waals surface area contributed by atoms with Gasteiger partial charge in [-0.2, -0.15) is 0 Å². The van der Waals surface area contributed by atoms with Crippen molar-refractivity contribution in [2.24, 2.45) is 0 Å². The van der Waals surface area contributed by atoms with E-state index in [2.05, 4.69) is 14.9 Å². The molecule has 0 aliphatic rings. The molecular weight excluding hydrogens is 226 g/mol. The number of fused-ring (bicyclic) bond motifs is 1. The topological polar surface area (TPSA) is 95.2 Å². The van der Waals surface area contributed by atoms with Gasteiger partial charge in [0, 0.05) is 11.6 Å². The number of hydrogen-bond acceptors (Lipinski definition) is 6. The van der Waals surface area contributed by atoms with Gasteiger partial charge in [-0.3, -0.25) is 10.1 Å². The summed E-state index contributed by atoms with van der Waals surface area (Å²) >= 11 is 0. The number of rotatable bonds is 2. The summed E-state index contributed by atoms with van der Waals surface area (Å²) in [6.07, 6.45) is 1.51. The number of hydrogen-bond donors (Lipinski definition) is 0. The van der Waals surface area contributed by atoms with Crippen molar-refractivity contribution in [2.75, 3.05) is 0 Å². The van der Waals surface area contributed by atoms with Gasteiger partial charge in [-0.05, 0) is 28.5 Å². The van der Waals surface area contributed by atoms with Gasteiger partial charge in [0.25, 0.3) is 0 Å². The van der Waals surface area contributed by atoms with Crippen LogP contribution in [-0.2, 0) is 0 Å². The Balaban J connectivity index is 2.33. The lowest BCUT2D eigenvalue weighted by atomic mass is 10.1. The van der Waals surface area contributed by atoms with Gasteiger partial charge in [-0.1, -0.05) is 0 Å². The van der Waals surface area contributed by atoms with Crippen LogP contribution in [0.1, 0.15) is 0 Å². The van der Waals surface area contributed by atoms with Crippen LogP contribution in [0.5, 0.6) is 0 Å². The van der Waals surface area contributed by atoms with Crippen LogP contribution in [-0.4, -0.2) is 15.2 Å². The number of non-ortho nitro benzene ring substituents is 1. The van der Waals surface area contributed by atoms with E-state index < -0.39 is 4.92 Å². The van der Waals surface area contributed by atoms with E-state index in [1.165, 1.54) is 12.3 Å². The quantitative estimate of drug-likeness (QED) is 0.496. The van der Waals surface area contributed by atoms with Crippen molar-refractivity contribution in [3.63, 3.8) is 0 Å². The van der Waals surface area contributed by atoms with Crippen molar-refractivity contribution in [1.29, 1.82) is 0 Å². The van der Waals surface area contributed by atoms with Crippen LogP contribution in [0.4, 0.5) is 5.69 Å². The summed E-state index contributed by atoms with van der Waals surface area (Å²) in [5, 5.41) is 18.0. The standard InChI is InChI=1S/C10H5N3O4/c14-13(15)7-4-3-6(8-2-1-5-16-8)9-10(7)12-17-11-9/h1-5H. The summed E-state index contributed by atoms with van der Waals surface area (Å²) in [5.41, 5.74) is 0.895. The number of nitro benzene ring substituents is 1. The molecule has 0 atom stereocenters. The Morgan fingerprint density at radius 2 is 2.00 bits per heavy atom. The van der Waals surface area contributed by atoms with Crippen LogP contribution in [0.3, 0.4) is 0 Å². The number of aromatic nitrogens is 2. The van der Waals surface area contributed by atoms with Gasteiger partial charge in [0.05, 0.1) is 11.2 Å². The second-order valence-electron chi connectivity index (χ2n) is 3.33. The van der Waals surface area contributed by atoms with Gasteiger partial charge in [-0.15, -0.1) is 0 Å². The van der Waals surface area contributed by atoms with Gasteiger partial charge in [0.2, 0.25) is 5.52 Å². The Hall–Kier alpha value is -2.70. The van der Waals surface area contributed by atoms with Crippen LogP contribution >= 0.6 is 0 Å². The first kappa shape index (κ1) is 9.52. The van der Waals surface area contributed by atoms with Gasteiger partial charge in [0.1, 0.15) is 5.76 Å². The van der Waals surface area contributed by atoms with Crippen LogP contribution in [0.2, 0.25) is 0 Å². The Morgan fingerprint density at radius 3 is 2.71 bits per heavy atom. The number of nitrogens with zero attached hydrogens (tertiary/aromatic N) is 3. The average molecular weight is 231 g/mol. The number of furan rings is 1. The minimum atomic E-state index is -0.529.